The SMILES string of the molecule is COc1cccc(NC(=O)N[C@H]2CCO[C@@H](c3ccccc3)C2)c1. The maximum atomic E-state index is 12.2. The number of urea groups is 1. The number of hydrogen-bond acceptors (Lipinski definition) is 3. The second-order valence-electron chi connectivity index (χ2n) is 5.82. The van der Waals surface area contributed by atoms with Gasteiger partial charge in [-0.3, -0.25) is 0 Å². The Bertz CT molecular complexity index is 675. The molecule has 126 valence electrons. The van der Waals surface area contributed by atoms with Crippen molar-refractivity contribution in [2.75, 3.05) is 19.0 Å². The van der Waals surface area contributed by atoms with Gasteiger partial charge in [0.15, 0.2) is 0 Å². The number of carbonyl (C=O) groups excluding carboxylic acids is 1. The van der Waals surface area contributed by atoms with E-state index in [-0.39, 0.29) is 18.2 Å². The van der Waals surface area contributed by atoms with Crippen molar-refractivity contribution in [3.05, 3.63) is 60.2 Å². The number of rotatable bonds is 4. The summed E-state index contributed by atoms with van der Waals surface area (Å²) in [6.45, 7) is 0.643. The van der Waals surface area contributed by atoms with Crippen molar-refractivity contribution in [2.24, 2.45) is 0 Å². The summed E-state index contributed by atoms with van der Waals surface area (Å²) < 4.78 is 11.0. The van der Waals surface area contributed by atoms with Gasteiger partial charge in [0.25, 0.3) is 0 Å². The highest BCUT2D eigenvalue weighted by Crippen LogP contribution is 2.28. The third kappa shape index (κ3) is 4.26. The number of methoxy groups -OCH3 is 1. The van der Waals surface area contributed by atoms with Crippen LogP contribution in [0, 0.1) is 0 Å². The first-order valence-electron chi connectivity index (χ1n) is 8.13. The number of amides is 2. The molecule has 0 aliphatic carbocycles. The molecule has 2 N–H and O–H groups in total. The Kier molecular flexibility index (Phi) is 5.33. The highest BCUT2D eigenvalue weighted by atomic mass is 16.5. The van der Waals surface area contributed by atoms with E-state index in [9.17, 15) is 4.79 Å². The molecule has 0 spiro atoms. The van der Waals surface area contributed by atoms with E-state index >= 15 is 0 Å². The van der Waals surface area contributed by atoms with Crippen LogP contribution in [0.15, 0.2) is 54.6 Å². The van der Waals surface area contributed by atoms with Crippen LogP contribution >= 0.6 is 0 Å². The molecule has 2 aromatic carbocycles. The summed E-state index contributed by atoms with van der Waals surface area (Å²) >= 11 is 0. The van der Waals surface area contributed by atoms with Crippen LogP contribution in [0.5, 0.6) is 5.75 Å². The van der Waals surface area contributed by atoms with Gasteiger partial charge in [-0.05, 0) is 30.5 Å². The number of benzene rings is 2. The van der Waals surface area contributed by atoms with E-state index in [4.69, 9.17) is 9.47 Å². The number of ether oxygens (including phenoxy) is 2. The maximum absolute atomic E-state index is 12.2. The summed E-state index contributed by atoms with van der Waals surface area (Å²) in [6.07, 6.45) is 1.62. The van der Waals surface area contributed by atoms with Crippen LogP contribution in [-0.2, 0) is 4.74 Å². The first kappa shape index (κ1) is 16.3. The van der Waals surface area contributed by atoms with Gasteiger partial charge in [0.1, 0.15) is 5.75 Å². The smallest absolute Gasteiger partial charge is 0.319 e. The lowest BCUT2D eigenvalue weighted by atomic mass is 9.97. The predicted octanol–water partition coefficient (Wildman–Crippen LogP) is 3.74. The topological polar surface area (TPSA) is 59.6 Å². The van der Waals surface area contributed by atoms with Crippen molar-refractivity contribution in [2.45, 2.75) is 25.0 Å². The molecular formula is C19H22N2O3. The second-order valence-corrected chi connectivity index (χ2v) is 5.82. The third-order valence-corrected chi connectivity index (χ3v) is 4.12. The Balaban J connectivity index is 1.56. The molecule has 0 radical (unpaired) electrons. The average molecular weight is 326 g/mol. The predicted molar refractivity (Wildman–Crippen MR) is 93.3 cm³/mol. The Hall–Kier alpha value is -2.53. The molecule has 0 saturated carbocycles. The highest BCUT2D eigenvalue weighted by Gasteiger charge is 2.25. The van der Waals surface area contributed by atoms with E-state index in [1.165, 1.54) is 0 Å². The van der Waals surface area contributed by atoms with Gasteiger partial charge < -0.3 is 20.1 Å². The van der Waals surface area contributed by atoms with Gasteiger partial charge in [-0.15, -0.1) is 0 Å². The monoisotopic (exact) mass is 326 g/mol. The minimum absolute atomic E-state index is 0.0297. The van der Waals surface area contributed by atoms with E-state index in [1.807, 2.05) is 36.4 Å². The second kappa shape index (κ2) is 7.84. The van der Waals surface area contributed by atoms with Crippen LogP contribution in [0.4, 0.5) is 10.5 Å². The van der Waals surface area contributed by atoms with Crippen LogP contribution in [-0.4, -0.2) is 25.8 Å². The lowest BCUT2D eigenvalue weighted by Gasteiger charge is -2.30. The molecule has 24 heavy (non-hydrogen) atoms. The molecule has 1 saturated heterocycles. The first-order chi connectivity index (χ1) is 11.7. The molecule has 0 aromatic heterocycles. The fourth-order valence-corrected chi connectivity index (χ4v) is 2.88. The molecule has 1 heterocycles. The highest BCUT2D eigenvalue weighted by molar-refractivity contribution is 5.89. The van der Waals surface area contributed by atoms with Crippen LogP contribution < -0.4 is 15.4 Å². The van der Waals surface area contributed by atoms with Crippen molar-refractivity contribution in [3.8, 4) is 5.75 Å². The quantitative estimate of drug-likeness (QED) is 0.900. The summed E-state index contributed by atoms with van der Waals surface area (Å²) in [7, 11) is 1.60. The molecule has 2 aromatic rings. The minimum Gasteiger partial charge on any atom is -0.497 e. The average Bonchev–Trinajstić information content (AvgIpc) is 2.63. The first-order valence-corrected chi connectivity index (χ1v) is 8.13. The summed E-state index contributed by atoms with van der Waals surface area (Å²) in [5, 5.41) is 5.88. The lowest BCUT2D eigenvalue weighted by molar-refractivity contribution is 0.00254. The fourth-order valence-electron chi connectivity index (χ4n) is 2.88. The molecule has 5 nitrogen and oxygen atoms in total. The molecule has 1 aliphatic heterocycles. The van der Waals surface area contributed by atoms with Gasteiger partial charge >= 0.3 is 6.03 Å². The van der Waals surface area contributed by atoms with E-state index in [1.54, 1.807) is 13.2 Å². The van der Waals surface area contributed by atoms with Gasteiger partial charge in [-0.25, -0.2) is 4.79 Å². The van der Waals surface area contributed by atoms with Crippen molar-refractivity contribution in [1.82, 2.24) is 5.32 Å². The van der Waals surface area contributed by atoms with Crippen molar-refractivity contribution >= 4 is 11.7 Å². The standard InChI is InChI=1S/C19H22N2O3/c1-23-17-9-5-8-15(12-17)20-19(22)21-16-10-11-24-18(13-16)14-6-3-2-4-7-14/h2-9,12,16,18H,10-11,13H2,1H3,(H2,20,21,22)/t16-,18+/m0/s1. The van der Waals surface area contributed by atoms with Crippen LogP contribution in [0.25, 0.3) is 0 Å². The van der Waals surface area contributed by atoms with Gasteiger partial charge in [0.05, 0.1) is 13.2 Å². The Morgan fingerprint density at radius 3 is 2.79 bits per heavy atom. The zero-order chi connectivity index (χ0) is 16.8. The van der Waals surface area contributed by atoms with E-state index < -0.39 is 0 Å². The normalized spacial score (nSPS) is 20.2. The summed E-state index contributed by atoms with van der Waals surface area (Å²) in [5.74, 6) is 0.711. The van der Waals surface area contributed by atoms with Gasteiger partial charge in [-0.2, -0.15) is 0 Å². The maximum Gasteiger partial charge on any atom is 0.319 e. The summed E-state index contributed by atoms with van der Waals surface area (Å²) in [4.78, 5) is 12.2. The number of hydrogen-bond donors (Lipinski definition) is 2. The molecule has 1 fully saturated rings. The Labute approximate surface area is 142 Å². The molecule has 2 atom stereocenters. The third-order valence-electron chi connectivity index (χ3n) is 4.12. The number of anilines is 1. The molecule has 3 rings (SSSR count). The molecule has 2 amide bonds. The molecule has 0 bridgehead atoms. The molecular weight excluding hydrogens is 304 g/mol. The summed E-state index contributed by atoms with van der Waals surface area (Å²) in [6, 6.07) is 17.3. The zero-order valence-electron chi connectivity index (χ0n) is 13.7. The Morgan fingerprint density at radius 1 is 1.17 bits per heavy atom. The lowest BCUT2D eigenvalue weighted by Crippen LogP contribution is -2.42. The van der Waals surface area contributed by atoms with Gasteiger partial charge in [0, 0.05) is 24.4 Å². The fraction of sp³-hybridized carbons (Fsp3) is 0.316. The van der Waals surface area contributed by atoms with Gasteiger partial charge in [0.2, 0.25) is 0 Å². The number of carbonyl (C=O) groups is 1. The van der Waals surface area contributed by atoms with E-state index in [2.05, 4.69) is 22.8 Å². The largest absolute Gasteiger partial charge is 0.497 e. The van der Waals surface area contributed by atoms with Crippen LogP contribution in [0.1, 0.15) is 24.5 Å². The van der Waals surface area contributed by atoms with Crippen LogP contribution in [0.2, 0.25) is 0 Å². The van der Waals surface area contributed by atoms with Crippen molar-refractivity contribution in [3.63, 3.8) is 0 Å². The van der Waals surface area contributed by atoms with E-state index in [0.29, 0.717) is 18.0 Å². The zero-order valence-corrected chi connectivity index (χ0v) is 13.7. The van der Waals surface area contributed by atoms with Crippen molar-refractivity contribution < 1.29 is 14.3 Å². The number of nitrogens with one attached hydrogen (secondary N) is 2. The summed E-state index contributed by atoms with van der Waals surface area (Å²) in [5.41, 5.74) is 1.86. The van der Waals surface area contributed by atoms with Crippen LogP contribution in [0.3, 0.4) is 0 Å². The van der Waals surface area contributed by atoms with Crippen molar-refractivity contribution in [1.29, 1.82) is 0 Å². The molecule has 5 heteroatoms. The van der Waals surface area contributed by atoms with E-state index in [0.717, 1.165) is 18.4 Å². The minimum atomic E-state index is -0.207. The van der Waals surface area contributed by atoms with Gasteiger partial charge in [-0.1, -0.05) is 36.4 Å². The molecule has 0 unspecified atom stereocenters. The molecule has 1 aliphatic rings. The Morgan fingerprint density at radius 2 is 2.00 bits per heavy atom.